The van der Waals surface area contributed by atoms with E-state index in [0.29, 0.717) is 10.6 Å². The number of amides is 1. The number of hydrazine groups is 1. The highest BCUT2D eigenvalue weighted by Gasteiger charge is 2.23. The number of rotatable bonds is 7. The lowest BCUT2D eigenvalue weighted by Crippen LogP contribution is -2.30. The summed E-state index contributed by atoms with van der Waals surface area (Å²) < 4.78 is 0.822. The number of halogens is 2. The Hall–Kier alpha value is -3.24. The molecule has 0 bridgehead atoms. The third kappa shape index (κ3) is 5.18. The normalized spacial score (nSPS) is 10.3. The van der Waals surface area contributed by atoms with E-state index in [4.69, 9.17) is 11.6 Å². The van der Waals surface area contributed by atoms with Crippen LogP contribution in [0.15, 0.2) is 59.3 Å². The van der Waals surface area contributed by atoms with Crippen LogP contribution >= 0.6 is 27.5 Å². The van der Waals surface area contributed by atoms with Gasteiger partial charge in [-0.15, -0.1) is 0 Å². The number of hydrogen-bond acceptors (Lipinski definition) is 7. The van der Waals surface area contributed by atoms with Gasteiger partial charge in [0.15, 0.2) is 0 Å². The van der Waals surface area contributed by atoms with Crippen molar-refractivity contribution < 1.29 is 9.72 Å². The minimum atomic E-state index is -0.636. The van der Waals surface area contributed by atoms with Crippen LogP contribution in [0.1, 0.15) is 15.9 Å². The molecule has 148 valence electrons. The SMILES string of the molecule is O=C(NNc1ncnc(NCc2ccccc2Cl)c1[N+](=O)[O-])c1ccc(Br)cc1. The van der Waals surface area contributed by atoms with Gasteiger partial charge in [0.2, 0.25) is 11.6 Å². The Labute approximate surface area is 178 Å². The second kappa shape index (κ2) is 9.30. The van der Waals surface area contributed by atoms with Crippen LogP contribution in [0, 0.1) is 10.1 Å². The van der Waals surface area contributed by atoms with Gasteiger partial charge in [-0.25, -0.2) is 9.97 Å². The van der Waals surface area contributed by atoms with E-state index in [-0.39, 0.29) is 18.2 Å². The fraction of sp³-hybridized carbons (Fsp3) is 0.0556. The molecule has 0 aliphatic heterocycles. The van der Waals surface area contributed by atoms with E-state index < -0.39 is 16.5 Å². The first-order valence-electron chi connectivity index (χ1n) is 8.24. The number of anilines is 2. The molecule has 0 spiro atoms. The van der Waals surface area contributed by atoms with Gasteiger partial charge in [0.05, 0.1) is 4.92 Å². The molecule has 2 aromatic carbocycles. The van der Waals surface area contributed by atoms with Gasteiger partial charge in [0, 0.05) is 21.6 Å². The van der Waals surface area contributed by atoms with Crippen molar-refractivity contribution in [3.63, 3.8) is 0 Å². The van der Waals surface area contributed by atoms with Crippen LogP contribution < -0.4 is 16.2 Å². The van der Waals surface area contributed by atoms with Gasteiger partial charge in [0.25, 0.3) is 5.91 Å². The second-order valence-corrected chi connectivity index (χ2v) is 7.03. The fourth-order valence-corrected chi connectivity index (χ4v) is 2.85. The van der Waals surface area contributed by atoms with Crippen molar-refractivity contribution in [3.8, 4) is 0 Å². The molecule has 0 aliphatic carbocycles. The van der Waals surface area contributed by atoms with E-state index in [0.717, 1.165) is 16.4 Å². The molecule has 0 fully saturated rings. The molecule has 1 amide bonds. The van der Waals surface area contributed by atoms with E-state index >= 15 is 0 Å². The van der Waals surface area contributed by atoms with Crippen LogP contribution in [0.25, 0.3) is 0 Å². The lowest BCUT2D eigenvalue weighted by atomic mass is 10.2. The highest BCUT2D eigenvalue weighted by molar-refractivity contribution is 9.10. The zero-order valence-electron chi connectivity index (χ0n) is 14.7. The Bertz CT molecular complexity index is 1050. The molecular formula is C18H14BrClN6O3. The summed E-state index contributed by atoms with van der Waals surface area (Å²) in [5.41, 5.74) is 5.59. The Morgan fingerprint density at radius 2 is 1.79 bits per heavy atom. The van der Waals surface area contributed by atoms with E-state index in [1.165, 1.54) is 0 Å². The van der Waals surface area contributed by atoms with Gasteiger partial charge < -0.3 is 5.32 Å². The average molecular weight is 478 g/mol. The predicted molar refractivity (Wildman–Crippen MR) is 113 cm³/mol. The summed E-state index contributed by atoms with van der Waals surface area (Å²) in [6.07, 6.45) is 1.15. The third-order valence-corrected chi connectivity index (χ3v) is 4.71. The van der Waals surface area contributed by atoms with Crippen LogP contribution in [0.4, 0.5) is 17.3 Å². The van der Waals surface area contributed by atoms with Crippen molar-refractivity contribution in [2.75, 3.05) is 10.7 Å². The van der Waals surface area contributed by atoms with Gasteiger partial charge in [-0.05, 0) is 35.9 Å². The Balaban J connectivity index is 1.76. The van der Waals surface area contributed by atoms with Crippen LogP contribution in [0.5, 0.6) is 0 Å². The molecule has 3 rings (SSSR count). The van der Waals surface area contributed by atoms with Crippen molar-refractivity contribution in [2.24, 2.45) is 0 Å². The summed E-state index contributed by atoms with van der Waals surface area (Å²) in [6, 6.07) is 13.7. The fourth-order valence-electron chi connectivity index (χ4n) is 2.38. The number of carbonyl (C=O) groups is 1. The molecule has 0 saturated heterocycles. The number of hydrogen-bond donors (Lipinski definition) is 3. The van der Waals surface area contributed by atoms with Crippen LogP contribution in [-0.4, -0.2) is 20.8 Å². The molecule has 1 aromatic heterocycles. The van der Waals surface area contributed by atoms with Gasteiger partial charge in [-0.1, -0.05) is 45.7 Å². The van der Waals surface area contributed by atoms with Gasteiger partial charge in [-0.2, -0.15) is 0 Å². The first-order chi connectivity index (χ1) is 14.0. The molecule has 1 heterocycles. The molecule has 9 nitrogen and oxygen atoms in total. The molecule has 0 saturated carbocycles. The standard InChI is InChI=1S/C18H14BrClN6O3/c19-13-7-5-11(6-8-13)18(27)25-24-17-15(26(28)29)16(22-10-23-17)21-9-12-3-1-2-4-14(12)20/h1-8,10H,9H2,(H,25,27)(H2,21,22,23,24). The topological polar surface area (TPSA) is 122 Å². The predicted octanol–water partition coefficient (Wildman–Crippen LogP) is 4.17. The molecular weight excluding hydrogens is 464 g/mol. The molecule has 0 radical (unpaired) electrons. The number of nitrogens with one attached hydrogen (secondary N) is 3. The minimum Gasteiger partial charge on any atom is -0.360 e. The Morgan fingerprint density at radius 3 is 2.48 bits per heavy atom. The zero-order valence-corrected chi connectivity index (χ0v) is 17.1. The molecule has 3 N–H and O–H groups in total. The number of aromatic nitrogens is 2. The molecule has 0 unspecified atom stereocenters. The average Bonchev–Trinajstić information content (AvgIpc) is 2.71. The van der Waals surface area contributed by atoms with Crippen molar-refractivity contribution in [1.29, 1.82) is 0 Å². The molecule has 11 heteroatoms. The van der Waals surface area contributed by atoms with Crippen molar-refractivity contribution in [2.45, 2.75) is 6.54 Å². The second-order valence-electron chi connectivity index (χ2n) is 5.71. The number of benzene rings is 2. The zero-order chi connectivity index (χ0) is 20.8. The molecule has 3 aromatic rings. The van der Waals surface area contributed by atoms with Crippen LogP contribution in [-0.2, 0) is 6.54 Å². The first-order valence-corrected chi connectivity index (χ1v) is 9.41. The number of nitrogens with zero attached hydrogens (tertiary/aromatic N) is 3. The van der Waals surface area contributed by atoms with E-state index in [1.807, 2.05) is 6.07 Å². The Kier molecular flexibility index (Phi) is 6.57. The Morgan fingerprint density at radius 1 is 1.10 bits per heavy atom. The number of carbonyl (C=O) groups excluding carboxylic acids is 1. The monoisotopic (exact) mass is 476 g/mol. The maximum Gasteiger partial charge on any atom is 0.354 e. The summed E-state index contributed by atoms with van der Waals surface area (Å²) in [6.45, 7) is 0.224. The lowest BCUT2D eigenvalue weighted by molar-refractivity contribution is -0.383. The lowest BCUT2D eigenvalue weighted by Gasteiger charge is -2.11. The molecule has 0 aliphatic rings. The van der Waals surface area contributed by atoms with Gasteiger partial charge in [-0.3, -0.25) is 25.8 Å². The van der Waals surface area contributed by atoms with Crippen molar-refractivity contribution in [1.82, 2.24) is 15.4 Å². The first kappa shape index (κ1) is 20.5. The van der Waals surface area contributed by atoms with Crippen molar-refractivity contribution >= 4 is 50.8 Å². The highest BCUT2D eigenvalue weighted by Crippen LogP contribution is 2.29. The van der Waals surface area contributed by atoms with Crippen LogP contribution in [0.2, 0.25) is 5.02 Å². The largest absolute Gasteiger partial charge is 0.360 e. The minimum absolute atomic E-state index is 0.00897. The summed E-state index contributed by atoms with van der Waals surface area (Å²) >= 11 is 9.39. The van der Waals surface area contributed by atoms with E-state index in [1.54, 1.807) is 42.5 Å². The van der Waals surface area contributed by atoms with E-state index in [2.05, 4.69) is 42.1 Å². The van der Waals surface area contributed by atoms with E-state index in [9.17, 15) is 14.9 Å². The number of nitro groups is 1. The maximum absolute atomic E-state index is 12.2. The van der Waals surface area contributed by atoms with Crippen molar-refractivity contribution in [3.05, 3.63) is 85.6 Å². The summed E-state index contributed by atoms with van der Waals surface area (Å²) in [4.78, 5) is 30.9. The maximum atomic E-state index is 12.2. The third-order valence-electron chi connectivity index (χ3n) is 3.81. The highest BCUT2D eigenvalue weighted by atomic mass is 79.9. The van der Waals surface area contributed by atoms with Gasteiger partial charge >= 0.3 is 5.69 Å². The molecule has 29 heavy (non-hydrogen) atoms. The molecule has 0 atom stereocenters. The quantitative estimate of drug-likeness (QED) is 0.345. The van der Waals surface area contributed by atoms with Crippen LogP contribution in [0.3, 0.4) is 0 Å². The summed E-state index contributed by atoms with van der Waals surface area (Å²) in [7, 11) is 0. The smallest absolute Gasteiger partial charge is 0.354 e. The summed E-state index contributed by atoms with van der Waals surface area (Å²) in [5, 5.41) is 15.0. The van der Waals surface area contributed by atoms with Gasteiger partial charge in [0.1, 0.15) is 6.33 Å². The summed E-state index contributed by atoms with van der Waals surface area (Å²) in [5.74, 6) is -0.640.